The van der Waals surface area contributed by atoms with Crippen molar-refractivity contribution in [1.29, 1.82) is 0 Å². The lowest BCUT2D eigenvalue weighted by Crippen LogP contribution is -2.37. The first-order chi connectivity index (χ1) is 12.8. The Morgan fingerprint density at radius 2 is 1.70 bits per heavy atom. The molecule has 0 spiro atoms. The Morgan fingerprint density at radius 1 is 1.04 bits per heavy atom. The van der Waals surface area contributed by atoms with Gasteiger partial charge in [-0.3, -0.25) is 9.59 Å². The second-order valence-corrected chi connectivity index (χ2v) is 9.12. The van der Waals surface area contributed by atoms with E-state index in [1.807, 2.05) is 41.0 Å². The molecule has 0 saturated carbocycles. The van der Waals surface area contributed by atoms with E-state index in [4.69, 9.17) is 0 Å². The quantitative estimate of drug-likeness (QED) is 0.791. The lowest BCUT2D eigenvalue weighted by Gasteiger charge is -2.22. The van der Waals surface area contributed by atoms with E-state index in [2.05, 4.69) is 25.8 Å². The van der Waals surface area contributed by atoms with Gasteiger partial charge in [-0.15, -0.1) is 11.3 Å². The van der Waals surface area contributed by atoms with Crippen LogP contribution in [-0.2, 0) is 5.41 Å². The first-order valence-electron chi connectivity index (χ1n) is 9.37. The summed E-state index contributed by atoms with van der Waals surface area (Å²) in [5, 5.41) is 0.969. The summed E-state index contributed by atoms with van der Waals surface area (Å²) in [6.07, 6.45) is 2.47. The minimum Gasteiger partial charge on any atom is -0.337 e. The van der Waals surface area contributed by atoms with Crippen LogP contribution in [0.5, 0.6) is 0 Å². The molecule has 144 valence electrons. The van der Waals surface area contributed by atoms with Crippen molar-refractivity contribution in [3.05, 3.63) is 51.5 Å². The molecule has 1 saturated heterocycles. The van der Waals surface area contributed by atoms with Gasteiger partial charge in [-0.2, -0.15) is 0 Å². The Hall–Kier alpha value is -2.21. The van der Waals surface area contributed by atoms with Gasteiger partial charge in [0.1, 0.15) is 4.88 Å². The number of hydrogen-bond acceptors (Lipinski definition) is 4. The maximum Gasteiger partial charge on any atom is 0.265 e. The molecule has 2 aromatic rings. The van der Waals surface area contributed by atoms with E-state index in [1.165, 1.54) is 11.3 Å². The molecule has 6 heteroatoms. The SMILES string of the molecule is Cc1cccc(C(=O)N2CCCN(C(=O)c3cnc(C(C)(C)C)s3)CC2)c1. The van der Waals surface area contributed by atoms with Crippen LogP contribution >= 0.6 is 11.3 Å². The van der Waals surface area contributed by atoms with Crippen molar-refractivity contribution in [2.75, 3.05) is 26.2 Å². The van der Waals surface area contributed by atoms with E-state index in [1.54, 1.807) is 6.20 Å². The molecule has 27 heavy (non-hydrogen) atoms. The molecule has 0 unspecified atom stereocenters. The highest BCUT2D eigenvalue weighted by Gasteiger charge is 2.26. The summed E-state index contributed by atoms with van der Waals surface area (Å²) in [5.41, 5.74) is 1.73. The van der Waals surface area contributed by atoms with Crippen LogP contribution in [-0.4, -0.2) is 52.8 Å². The number of nitrogens with zero attached hydrogens (tertiary/aromatic N) is 3. The molecular formula is C21H27N3O2S. The van der Waals surface area contributed by atoms with E-state index < -0.39 is 0 Å². The molecule has 1 aromatic carbocycles. The van der Waals surface area contributed by atoms with Crippen molar-refractivity contribution in [3.8, 4) is 0 Å². The van der Waals surface area contributed by atoms with Crippen LogP contribution in [0, 0.1) is 6.92 Å². The van der Waals surface area contributed by atoms with Gasteiger partial charge in [0.2, 0.25) is 0 Å². The van der Waals surface area contributed by atoms with Gasteiger partial charge in [0.25, 0.3) is 11.8 Å². The number of rotatable bonds is 2. The first kappa shape index (κ1) is 19.5. The zero-order valence-electron chi connectivity index (χ0n) is 16.5. The summed E-state index contributed by atoms with van der Waals surface area (Å²) < 4.78 is 0. The van der Waals surface area contributed by atoms with Crippen LogP contribution in [0.15, 0.2) is 30.5 Å². The fourth-order valence-electron chi connectivity index (χ4n) is 3.16. The van der Waals surface area contributed by atoms with Crippen LogP contribution < -0.4 is 0 Å². The molecule has 0 atom stereocenters. The third-order valence-corrected chi connectivity index (χ3v) is 6.10. The third-order valence-electron chi connectivity index (χ3n) is 4.69. The second kappa shape index (κ2) is 7.80. The Labute approximate surface area is 165 Å². The topological polar surface area (TPSA) is 53.5 Å². The third kappa shape index (κ3) is 4.56. The van der Waals surface area contributed by atoms with Gasteiger partial charge >= 0.3 is 0 Å². The highest BCUT2D eigenvalue weighted by molar-refractivity contribution is 7.13. The van der Waals surface area contributed by atoms with Gasteiger partial charge in [0.15, 0.2) is 0 Å². The van der Waals surface area contributed by atoms with Crippen molar-refractivity contribution < 1.29 is 9.59 Å². The number of amides is 2. The summed E-state index contributed by atoms with van der Waals surface area (Å²) in [6, 6.07) is 7.67. The minimum atomic E-state index is -0.0565. The zero-order valence-corrected chi connectivity index (χ0v) is 17.3. The van der Waals surface area contributed by atoms with E-state index in [9.17, 15) is 9.59 Å². The number of carbonyl (C=O) groups is 2. The van der Waals surface area contributed by atoms with Gasteiger partial charge in [0.05, 0.1) is 11.2 Å². The van der Waals surface area contributed by atoms with Gasteiger partial charge in [-0.25, -0.2) is 4.98 Å². The van der Waals surface area contributed by atoms with Crippen molar-refractivity contribution in [3.63, 3.8) is 0 Å². The van der Waals surface area contributed by atoms with Crippen LogP contribution in [0.2, 0.25) is 0 Å². The summed E-state index contributed by atoms with van der Waals surface area (Å²) in [4.78, 5) is 34.5. The van der Waals surface area contributed by atoms with E-state index in [-0.39, 0.29) is 17.2 Å². The van der Waals surface area contributed by atoms with Crippen LogP contribution in [0.3, 0.4) is 0 Å². The average Bonchev–Trinajstić information content (AvgIpc) is 3.00. The Morgan fingerprint density at radius 3 is 2.30 bits per heavy atom. The van der Waals surface area contributed by atoms with E-state index in [0.717, 1.165) is 17.0 Å². The van der Waals surface area contributed by atoms with Crippen LogP contribution in [0.4, 0.5) is 0 Å². The zero-order chi connectivity index (χ0) is 19.6. The predicted molar refractivity (Wildman–Crippen MR) is 108 cm³/mol. The average molecular weight is 386 g/mol. The number of hydrogen-bond donors (Lipinski definition) is 0. The molecule has 3 rings (SSSR count). The number of aryl methyl sites for hydroxylation is 1. The monoisotopic (exact) mass is 385 g/mol. The minimum absolute atomic E-state index is 0.0212. The molecular weight excluding hydrogens is 358 g/mol. The number of carbonyl (C=O) groups excluding carboxylic acids is 2. The fraction of sp³-hybridized carbons (Fsp3) is 0.476. The van der Waals surface area contributed by atoms with Crippen molar-refractivity contribution >= 4 is 23.2 Å². The summed E-state index contributed by atoms with van der Waals surface area (Å²) in [7, 11) is 0. The van der Waals surface area contributed by atoms with Crippen molar-refractivity contribution in [2.45, 2.75) is 39.5 Å². The Balaban J connectivity index is 1.66. The molecule has 0 aliphatic carbocycles. The molecule has 1 fully saturated rings. The molecule has 5 nitrogen and oxygen atoms in total. The number of aromatic nitrogens is 1. The summed E-state index contributed by atoms with van der Waals surface area (Å²) >= 11 is 1.47. The van der Waals surface area contributed by atoms with E-state index >= 15 is 0 Å². The Kier molecular flexibility index (Phi) is 5.65. The molecule has 1 aliphatic rings. The summed E-state index contributed by atoms with van der Waals surface area (Å²) in [5.74, 6) is 0.0636. The molecule has 2 amide bonds. The van der Waals surface area contributed by atoms with Crippen molar-refractivity contribution in [2.24, 2.45) is 0 Å². The van der Waals surface area contributed by atoms with Gasteiger partial charge in [-0.05, 0) is 25.5 Å². The molecule has 0 radical (unpaired) electrons. The maximum atomic E-state index is 12.9. The largest absolute Gasteiger partial charge is 0.337 e. The van der Waals surface area contributed by atoms with Crippen molar-refractivity contribution in [1.82, 2.24) is 14.8 Å². The van der Waals surface area contributed by atoms with Gasteiger partial charge < -0.3 is 9.80 Å². The first-order valence-corrected chi connectivity index (χ1v) is 10.2. The number of thiazole rings is 1. The number of benzene rings is 1. The fourth-order valence-corrected chi connectivity index (χ4v) is 4.10. The Bertz CT molecular complexity index is 838. The van der Waals surface area contributed by atoms with Crippen LogP contribution in [0.1, 0.15) is 57.8 Å². The van der Waals surface area contributed by atoms with Gasteiger partial charge in [0, 0.05) is 37.2 Å². The predicted octanol–water partition coefficient (Wildman–Crippen LogP) is 3.74. The standard InChI is InChI=1S/C21H27N3O2S/c1-15-7-5-8-16(13-15)18(25)23-9-6-10-24(12-11-23)19(26)17-14-22-20(27-17)21(2,3)4/h5,7-8,13-14H,6,9-12H2,1-4H3. The smallest absolute Gasteiger partial charge is 0.265 e. The molecule has 2 heterocycles. The molecule has 1 aromatic heterocycles. The highest BCUT2D eigenvalue weighted by atomic mass is 32.1. The second-order valence-electron chi connectivity index (χ2n) is 8.09. The molecule has 0 bridgehead atoms. The maximum absolute atomic E-state index is 12.9. The normalized spacial score (nSPS) is 15.6. The molecule has 1 aliphatic heterocycles. The lowest BCUT2D eigenvalue weighted by atomic mass is 9.98. The summed E-state index contributed by atoms with van der Waals surface area (Å²) in [6.45, 7) is 10.7. The van der Waals surface area contributed by atoms with Gasteiger partial charge in [-0.1, -0.05) is 38.5 Å². The lowest BCUT2D eigenvalue weighted by molar-refractivity contribution is 0.0721. The highest BCUT2D eigenvalue weighted by Crippen LogP contribution is 2.27. The molecule has 0 N–H and O–H groups in total. The van der Waals surface area contributed by atoms with E-state index in [0.29, 0.717) is 36.6 Å². The van der Waals surface area contributed by atoms with Crippen LogP contribution in [0.25, 0.3) is 0 Å².